The first-order chi connectivity index (χ1) is 9.22. The van der Waals surface area contributed by atoms with Crippen LogP contribution in [0.3, 0.4) is 0 Å². The van der Waals surface area contributed by atoms with E-state index in [1.165, 1.54) is 64.2 Å². The van der Waals surface area contributed by atoms with Crippen molar-refractivity contribution in [1.82, 2.24) is 5.32 Å². The van der Waals surface area contributed by atoms with Gasteiger partial charge in [0.1, 0.15) is 0 Å². The van der Waals surface area contributed by atoms with Crippen LogP contribution in [0.5, 0.6) is 0 Å². The van der Waals surface area contributed by atoms with Crippen LogP contribution < -0.4 is 5.32 Å². The molecule has 0 amide bonds. The smallest absolute Gasteiger partial charge is 0.0693 e. The average Bonchev–Trinajstić information content (AvgIpc) is 2.53. The zero-order valence-corrected chi connectivity index (χ0v) is 12.1. The van der Waals surface area contributed by atoms with Gasteiger partial charge in [-0.15, -0.1) is 0 Å². The lowest BCUT2D eigenvalue weighted by atomic mass is 9.53. The number of aliphatic hydroxyl groups excluding tert-OH is 1. The Bertz CT molecular complexity index is 305. The summed E-state index contributed by atoms with van der Waals surface area (Å²) in [5, 5.41) is 14.4. The molecule has 2 heteroatoms. The molecule has 2 unspecified atom stereocenters. The minimum absolute atomic E-state index is 0.0875. The standard InChI is InChI=1S/C17H29NO/c19-16-5-3-1-2-4-15(16)18-17-9-12-6-13(10-17)8-14(7-12)11-17/h12-16,18-19H,1-11H2. The molecule has 4 bridgehead atoms. The Hall–Kier alpha value is -0.0800. The molecule has 108 valence electrons. The van der Waals surface area contributed by atoms with Crippen LogP contribution in [-0.2, 0) is 0 Å². The van der Waals surface area contributed by atoms with Gasteiger partial charge in [0.2, 0.25) is 0 Å². The van der Waals surface area contributed by atoms with Crippen LogP contribution in [0.1, 0.15) is 70.6 Å². The SMILES string of the molecule is OC1CCCCCC1NC12CC3CC(CC(C3)C1)C2. The summed E-state index contributed by atoms with van der Waals surface area (Å²) in [6, 6.07) is 0.388. The lowest BCUT2D eigenvalue weighted by Crippen LogP contribution is -2.62. The maximum atomic E-state index is 10.4. The first-order valence-corrected chi connectivity index (χ1v) is 8.68. The zero-order valence-electron chi connectivity index (χ0n) is 12.1. The highest BCUT2D eigenvalue weighted by Gasteiger charge is 2.51. The maximum Gasteiger partial charge on any atom is 0.0693 e. The number of hydrogen-bond acceptors (Lipinski definition) is 2. The summed E-state index contributed by atoms with van der Waals surface area (Å²) in [5.41, 5.74) is 0.421. The Labute approximate surface area is 117 Å². The van der Waals surface area contributed by atoms with Crippen LogP contribution in [0.4, 0.5) is 0 Å². The highest BCUT2D eigenvalue weighted by molar-refractivity contribution is 5.07. The molecule has 5 saturated carbocycles. The van der Waals surface area contributed by atoms with Crippen molar-refractivity contribution in [1.29, 1.82) is 0 Å². The largest absolute Gasteiger partial charge is 0.392 e. The Morgan fingerprint density at radius 2 is 1.37 bits per heavy atom. The molecule has 0 heterocycles. The minimum atomic E-state index is -0.0875. The van der Waals surface area contributed by atoms with Gasteiger partial charge in [0.25, 0.3) is 0 Å². The monoisotopic (exact) mass is 263 g/mol. The lowest BCUT2D eigenvalue weighted by molar-refractivity contribution is -0.0359. The molecule has 0 aromatic heterocycles. The van der Waals surface area contributed by atoms with E-state index in [4.69, 9.17) is 0 Å². The van der Waals surface area contributed by atoms with Crippen LogP contribution in [0.25, 0.3) is 0 Å². The highest BCUT2D eigenvalue weighted by Crippen LogP contribution is 2.55. The molecule has 2 nitrogen and oxygen atoms in total. The molecule has 0 aromatic carbocycles. The molecule has 0 saturated heterocycles. The van der Waals surface area contributed by atoms with Crippen molar-refractivity contribution < 1.29 is 5.11 Å². The molecular formula is C17H29NO. The topological polar surface area (TPSA) is 32.3 Å². The Morgan fingerprint density at radius 1 is 0.789 bits per heavy atom. The molecule has 0 spiro atoms. The van der Waals surface area contributed by atoms with Crippen molar-refractivity contribution >= 4 is 0 Å². The quantitative estimate of drug-likeness (QED) is 0.750. The van der Waals surface area contributed by atoms with E-state index in [2.05, 4.69) is 5.32 Å². The van der Waals surface area contributed by atoms with Gasteiger partial charge in [0, 0.05) is 11.6 Å². The predicted molar refractivity (Wildman–Crippen MR) is 76.9 cm³/mol. The van der Waals surface area contributed by atoms with Crippen LogP contribution in [-0.4, -0.2) is 22.8 Å². The van der Waals surface area contributed by atoms with Gasteiger partial charge >= 0.3 is 0 Å². The number of hydrogen-bond donors (Lipinski definition) is 2. The molecule has 19 heavy (non-hydrogen) atoms. The van der Waals surface area contributed by atoms with Crippen LogP contribution >= 0.6 is 0 Å². The first-order valence-electron chi connectivity index (χ1n) is 8.68. The van der Waals surface area contributed by atoms with E-state index in [9.17, 15) is 5.11 Å². The summed E-state index contributed by atoms with van der Waals surface area (Å²) in [6.45, 7) is 0. The molecule has 2 atom stereocenters. The fourth-order valence-corrected chi connectivity index (χ4v) is 6.14. The number of nitrogens with one attached hydrogen (secondary N) is 1. The van der Waals surface area contributed by atoms with Gasteiger partial charge in [0.05, 0.1) is 6.10 Å². The van der Waals surface area contributed by atoms with E-state index in [1.54, 1.807) is 0 Å². The summed E-state index contributed by atoms with van der Waals surface area (Å²) < 4.78 is 0. The molecule has 5 aliphatic carbocycles. The average molecular weight is 263 g/mol. The van der Waals surface area contributed by atoms with Crippen molar-refractivity contribution in [2.75, 3.05) is 0 Å². The Kier molecular flexibility index (Phi) is 3.15. The molecule has 2 N–H and O–H groups in total. The maximum absolute atomic E-state index is 10.4. The second-order valence-electron chi connectivity index (χ2n) is 8.15. The second kappa shape index (κ2) is 4.73. The van der Waals surface area contributed by atoms with E-state index in [0.717, 1.165) is 24.2 Å². The fraction of sp³-hybridized carbons (Fsp3) is 1.00. The van der Waals surface area contributed by atoms with Gasteiger partial charge in [0.15, 0.2) is 0 Å². The van der Waals surface area contributed by atoms with E-state index in [-0.39, 0.29) is 6.10 Å². The Balaban J connectivity index is 1.49. The molecule has 0 aliphatic heterocycles. The third-order valence-corrected chi connectivity index (χ3v) is 6.51. The van der Waals surface area contributed by atoms with Crippen molar-refractivity contribution in [3.05, 3.63) is 0 Å². The van der Waals surface area contributed by atoms with Crippen LogP contribution in [0.2, 0.25) is 0 Å². The minimum Gasteiger partial charge on any atom is -0.392 e. The van der Waals surface area contributed by atoms with Crippen molar-refractivity contribution in [3.63, 3.8) is 0 Å². The van der Waals surface area contributed by atoms with Gasteiger partial charge in [-0.1, -0.05) is 19.3 Å². The summed E-state index contributed by atoms with van der Waals surface area (Å²) in [7, 11) is 0. The van der Waals surface area contributed by atoms with Crippen LogP contribution in [0.15, 0.2) is 0 Å². The normalized spacial score (nSPS) is 53.2. The summed E-state index contributed by atoms with van der Waals surface area (Å²) >= 11 is 0. The van der Waals surface area contributed by atoms with Gasteiger partial charge in [-0.05, 0) is 69.1 Å². The zero-order chi connectivity index (χ0) is 12.9. The third kappa shape index (κ3) is 2.35. The van der Waals surface area contributed by atoms with Crippen LogP contribution in [0, 0.1) is 17.8 Å². The lowest BCUT2D eigenvalue weighted by Gasteiger charge is -2.58. The molecule has 5 fully saturated rings. The van der Waals surface area contributed by atoms with E-state index >= 15 is 0 Å². The van der Waals surface area contributed by atoms with E-state index < -0.39 is 0 Å². The van der Waals surface area contributed by atoms with E-state index in [1.807, 2.05) is 0 Å². The van der Waals surface area contributed by atoms with Gasteiger partial charge in [-0.2, -0.15) is 0 Å². The van der Waals surface area contributed by atoms with E-state index in [0.29, 0.717) is 11.6 Å². The number of rotatable bonds is 2. The molecule has 5 rings (SSSR count). The molecule has 0 aromatic rings. The van der Waals surface area contributed by atoms with Gasteiger partial charge in [-0.25, -0.2) is 0 Å². The Morgan fingerprint density at radius 3 is 2.00 bits per heavy atom. The predicted octanol–water partition coefficient (Wildman–Crippen LogP) is 3.24. The molecule has 0 radical (unpaired) electrons. The third-order valence-electron chi connectivity index (χ3n) is 6.51. The summed E-state index contributed by atoms with van der Waals surface area (Å²) in [6.07, 6.45) is 14.7. The van der Waals surface area contributed by atoms with Crippen molar-refractivity contribution in [3.8, 4) is 0 Å². The summed E-state index contributed by atoms with van der Waals surface area (Å²) in [5.74, 6) is 3.00. The fourth-order valence-electron chi connectivity index (χ4n) is 6.14. The summed E-state index contributed by atoms with van der Waals surface area (Å²) in [4.78, 5) is 0. The van der Waals surface area contributed by atoms with Crippen molar-refractivity contribution in [2.45, 2.75) is 88.3 Å². The van der Waals surface area contributed by atoms with Crippen molar-refractivity contribution in [2.24, 2.45) is 17.8 Å². The molecule has 5 aliphatic rings. The second-order valence-corrected chi connectivity index (χ2v) is 8.15. The highest BCUT2D eigenvalue weighted by atomic mass is 16.3. The van der Waals surface area contributed by atoms with Gasteiger partial charge in [-0.3, -0.25) is 0 Å². The molecular weight excluding hydrogens is 234 g/mol. The number of aliphatic hydroxyl groups is 1. The van der Waals surface area contributed by atoms with Gasteiger partial charge < -0.3 is 10.4 Å². The first kappa shape index (κ1) is 12.6.